The number of aryl methyl sites for hydroxylation is 1. The number of azide groups is 1. The van der Waals surface area contributed by atoms with Crippen molar-refractivity contribution in [3.05, 3.63) is 49.9 Å². The molecule has 0 aliphatic carbocycles. The van der Waals surface area contributed by atoms with Gasteiger partial charge in [0.15, 0.2) is 0 Å². The third-order valence-corrected chi connectivity index (χ3v) is 1.80. The number of nitrogens with zero attached hydrogens (tertiary/aromatic N) is 4. The van der Waals surface area contributed by atoms with E-state index in [2.05, 4.69) is 10.0 Å². The number of nitro groups is 1. The minimum Gasteiger partial charge on any atom is -0.287 e. The maximum Gasteiger partial charge on any atom is 0.270 e. The number of rotatable bonds is 2. The van der Waals surface area contributed by atoms with Gasteiger partial charge >= 0.3 is 0 Å². The number of amides is 1. The molecule has 7 nitrogen and oxygen atoms in total. The highest BCUT2D eigenvalue weighted by Gasteiger charge is 2.12. The van der Waals surface area contributed by atoms with E-state index in [9.17, 15) is 14.9 Å². The molecule has 0 unspecified atom stereocenters. The molecule has 0 saturated heterocycles. The summed E-state index contributed by atoms with van der Waals surface area (Å²) in [6.07, 6.45) is 0. The normalized spacial score (nSPS) is 9.13. The molecule has 0 bridgehead atoms. The average molecular weight is 206 g/mol. The molecule has 1 aromatic carbocycles. The van der Waals surface area contributed by atoms with E-state index in [1.807, 2.05) is 0 Å². The van der Waals surface area contributed by atoms with Crippen LogP contribution in [0.15, 0.2) is 23.3 Å². The first-order valence-electron chi connectivity index (χ1n) is 3.90. The van der Waals surface area contributed by atoms with Crippen molar-refractivity contribution in [1.82, 2.24) is 0 Å². The van der Waals surface area contributed by atoms with Crippen LogP contribution in [0.1, 0.15) is 15.9 Å². The van der Waals surface area contributed by atoms with E-state index in [0.29, 0.717) is 5.56 Å². The molecule has 1 rings (SSSR count). The van der Waals surface area contributed by atoms with Gasteiger partial charge in [0.1, 0.15) is 0 Å². The highest BCUT2D eigenvalue weighted by atomic mass is 16.6. The Kier molecular flexibility index (Phi) is 3.00. The van der Waals surface area contributed by atoms with Crippen LogP contribution < -0.4 is 0 Å². The summed E-state index contributed by atoms with van der Waals surface area (Å²) in [6.45, 7) is 1.60. The van der Waals surface area contributed by atoms with Gasteiger partial charge in [-0.2, -0.15) is 0 Å². The Balaban J connectivity index is 3.27. The van der Waals surface area contributed by atoms with Gasteiger partial charge in [-0.25, -0.2) is 0 Å². The summed E-state index contributed by atoms with van der Waals surface area (Å²) < 4.78 is 0. The second-order valence-corrected chi connectivity index (χ2v) is 2.75. The van der Waals surface area contributed by atoms with E-state index in [4.69, 9.17) is 5.53 Å². The molecule has 0 saturated carbocycles. The fraction of sp³-hybridized carbons (Fsp3) is 0.125. The van der Waals surface area contributed by atoms with Gasteiger partial charge in [0, 0.05) is 22.6 Å². The number of non-ortho nitro benzene ring substituents is 1. The molecule has 0 radical (unpaired) electrons. The lowest BCUT2D eigenvalue weighted by atomic mass is 10.1. The zero-order chi connectivity index (χ0) is 11.4. The molecule has 76 valence electrons. The highest BCUT2D eigenvalue weighted by Crippen LogP contribution is 2.18. The Labute approximate surface area is 84.1 Å². The molecule has 0 atom stereocenters. The zero-order valence-corrected chi connectivity index (χ0v) is 7.75. The lowest BCUT2D eigenvalue weighted by Gasteiger charge is -1.99. The van der Waals surface area contributed by atoms with Crippen LogP contribution in [0.5, 0.6) is 0 Å². The molecule has 1 aromatic rings. The minimum atomic E-state index is -0.821. The molecule has 1 amide bonds. The summed E-state index contributed by atoms with van der Waals surface area (Å²) in [7, 11) is 0. The monoisotopic (exact) mass is 206 g/mol. The third-order valence-electron chi connectivity index (χ3n) is 1.80. The second kappa shape index (κ2) is 4.21. The van der Waals surface area contributed by atoms with Crippen LogP contribution in [0.2, 0.25) is 0 Å². The quantitative estimate of drug-likeness (QED) is 0.243. The molecule has 15 heavy (non-hydrogen) atoms. The van der Waals surface area contributed by atoms with E-state index < -0.39 is 10.8 Å². The molecule has 0 aliphatic heterocycles. The van der Waals surface area contributed by atoms with Gasteiger partial charge in [-0.15, -0.1) is 0 Å². The van der Waals surface area contributed by atoms with Crippen molar-refractivity contribution in [3.63, 3.8) is 0 Å². The summed E-state index contributed by atoms with van der Waals surface area (Å²) in [5.41, 5.74) is 8.43. The Morgan fingerprint density at radius 1 is 1.60 bits per heavy atom. The van der Waals surface area contributed by atoms with Crippen LogP contribution >= 0.6 is 0 Å². The first-order valence-corrected chi connectivity index (χ1v) is 3.90. The number of carbonyl (C=O) groups excluding carboxylic acids is 1. The van der Waals surface area contributed by atoms with Gasteiger partial charge in [0.05, 0.1) is 4.92 Å². The molecule has 0 N–H and O–H groups in total. The third kappa shape index (κ3) is 2.29. The SMILES string of the molecule is Cc1ccc([N+](=O)[O-])cc1C(=O)N=[N+]=[N-]. The Hall–Kier alpha value is -2.40. The number of hydrogen-bond acceptors (Lipinski definition) is 3. The van der Waals surface area contributed by atoms with Crippen LogP contribution in [-0.2, 0) is 0 Å². The van der Waals surface area contributed by atoms with E-state index in [1.165, 1.54) is 12.1 Å². The number of nitro benzene ring substituents is 1. The molecular formula is C8H6N4O3. The predicted octanol–water partition coefficient (Wildman–Crippen LogP) is 2.35. The fourth-order valence-electron chi connectivity index (χ4n) is 1.05. The smallest absolute Gasteiger partial charge is 0.270 e. The lowest BCUT2D eigenvalue weighted by molar-refractivity contribution is -0.384. The maximum absolute atomic E-state index is 11.2. The minimum absolute atomic E-state index is 0.0435. The van der Waals surface area contributed by atoms with Crippen molar-refractivity contribution in [1.29, 1.82) is 0 Å². The molecular weight excluding hydrogens is 200 g/mol. The van der Waals surface area contributed by atoms with E-state index in [1.54, 1.807) is 6.92 Å². The van der Waals surface area contributed by atoms with Gasteiger partial charge < -0.3 is 0 Å². The highest BCUT2D eigenvalue weighted by molar-refractivity contribution is 5.96. The maximum atomic E-state index is 11.2. The van der Waals surface area contributed by atoms with Gasteiger partial charge in [0.2, 0.25) is 5.91 Å². The van der Waals surface area contributed by atoms with Gasteiger partial charge in [-0.1, -0.05) is 6.07 Å². The molecule has 0 aromatic heterocycles. The molecule has 0 spiro atoms. The topological polar surface area (TPSA) is 109 Å². The Morgan fingerprint density at radius 2 is 2.27 bits per heavy atom. The summed E-state index contributed by atoms with van der Waals surface area (Å²) in [6, 6.07) is 3.80. The van der Waals surface area contributed by atoms with Crippen LogP contribution in [0, 0.1) is 17.0 Å². The van der Waals surface area contributed by atoms with Crippen molar-refractivity contribution in [3.8, 4) is 0 Å². The Bertz CT molecular complexity index is 477. The average Bonchev–Trinajstić information content (AvgIpc) is 2.18. The van der Waals surface area contributed by atoms with Gasteiger partial charge in [-0.05, 0) is 23.1 Å². The second-order valence-electron chi connectivity index (χ2n) is 2.75. The van der Waals surface area contributed by atoms with Crippen molar-refractivity contribution < 1.29 is 9.72 Å². The van der Waals surface area contributed by atoms with Crippen LogP contribution in [0.25, 0.3) is 10.4 Å². The number of benzene rings is 1. The summed E-state index contributed by atoms with van der Waals surface area (Å²) in [5.74, 6) is -0.821. The van der Waals surface area contributed by atoms with Crippen LogP contribution in [0.4, 0.5) is 5.69 Å². The van der Waals surface area contributed by atoms with Crippen LogP contribution in [0.3, 0.4) is 0 Å². The van der Waals surface area contributed by atoms with Crippen molar-refractivity contribution in [2.45, 2.75) is 6.92 Å². The van der Waals surface area contributed by atoms with E-state index in [-0.39, 0.29) is 11.3 Å². The first-order chi connectivity index (χ1) is 7.06. The first kappa shape index (κ1) is 10.7. The number of hydrogen-bond donors (Lipinski definition) is 0. The zero-order valence-electron chi connectivity index (χ0n) is 7.75. The summed E-state index contributed by atoms with van der Waals surface area (Å²) in [5, 5.41) is 13.3. The molecule has 0 heterocycles. The van der Waals surface area contributed by atoms with Crippen molar-refractivity contribution in [2.75, 3.05) is 0 Å². The predicted molar refractivity (Wildman–Crippen MR) is 51.3 cm³/mol. The lowest BCUT2D eigenvalue weighted by Crippen LogP contribution is -1.99. The molecule has 0 fully saturated rings. The fourth-order valence-corrected chi connectivity index (χ4v) is 1.05. The van der Waals surface area contributed by atoms with Crippen molar-refractivity contribution >= 4 is 11.6 Å². The summed E-state index contributed by atoms with van der Waals surface area (Å²) >= 11 is 0. The van der Waals surface area contributed by atoms with E-state index >= 15 is 0 Å². The van der Waals surface area contributed by atoms with Crippen LogP contribution in [-0.4, -0.2) is 10.8 Å². The standard InChI is InChI=1S/C8H6N4O3/c1-5-2-3-6(12(14)15)4-7(5)8(13)10-11-9/h2-4H,1H3. The van der Waals surface area contributed by atoms with Crippen molar-refractivity contribution in [2.24, 2.45) is 5.11 Å². The summed E-state index contributed by atoms with van der Waals surface area (Å²) in [4.78, 5) is 23.3. The van der Waals surface area contributed by atoms with Gasteiger partial charge in [0.25, 0.3) is 5.69 Å². The largest absolute Gasteiger partial charge is 0.287 e. The molecule has 7 heteroatoms. The number of carbonyl (C=O) groups is 1. The Morgan fingerprint density at radius 3 is 2.80 bits per heavy atom. The molecule has 0 aliphatic rings. The van der Waals surface area contributed by atoms with Gasteiger partial charge in [-0.3, -0.25) is 14.9 Å². The van der Waals surface area contributed by atoms with E-state index in [0.717, 1.165) is 6.07 Å².